The molecule has 0 radical (unpaired) electrons. The minimum atomic E-state index is 0.297. The van der Waals surface area contributed by atoms with Crippen LogP contribution in [0.1, 0.15) is 11.1 Å². The summed E-state index contributed by atoms with van der Waals surface area (Å²) in [7, 11) is 4.06. The van der Waals surface area contributed by atoms with E-state index in [1.54, 1.807) is 0 Å². The third kappa shape index (κ3) is 3.12. The van der Waals surface area contributed by atoms with Crippen molar-refractivity contribution in [1.29, 1.82) is 0 Å². The van der Waals surface area contributed by atoms with Crippen LogP contribution in [0.5, 0.6) is 5.75 Å². The van der Waals surface area contributed by atoms with E-state index in [2.05, 4.69) is 34.0 Å². The highest BCUT2D eigenvalue weighted by atomic mass is 35.5. The number of nitrogens with zero attached hydrogens (tertiary/aromatic N) is 2. The fraction of sp³-hybridized carbons (Fsp3) is 0.312. The first kappa shape index (κ1) is 14.2. The summed E-state index contributed by atoms with van der Waals surface area (Å²) in [6.07, 6.45) is 4.11. The molecule has 2 aromatic rings. The summed E-state index contributed by atoms with van der Waals surface area (Å²) in [5, 5.41) is 0.711. The second kappa shape index (κ2) is 5.92. The molecule has 1 aliphatic heterocycles. The summed E-state index contributed by atoms with van der Waals surface area (Å²) in [6.45, 7) is 1.57. The van der Waals surface area contributed by atoms with Gasteiger partial charge in [-0.05, 0) is 12.1 Å². The third-order valence-corrected chi connectivity index (χ3v) is 3.71. The Morgan fingerprint density at radius 1 is 1.24 bits per heavy atom. The molecule has 0 fully saturated rings. The Morgan fingerprint density at radius 2 is 2.00 bits per heavy atom. The Labute approximate surface area is 129 Å². The highest BCUT2D eigenvalue weighted by Gasteiger charge is 2.18. The van der Waals surface area contributed by atoms with E-state index in [-0.39, 0.29) is 0 Å². The molecular weight excluding hydrogens is 288 g/mol. The van der Waals surface area contributed by atoms with Crippen LogP contribution < -0.4 is 14.2 Å². The van der Waals surface area contributed by atoms with Crippen molar-refractivity contribution in [3.05, 3.63) is 52.8 Å². The molecule has 5 heteroatoms. The number of benzene rings is 1. The molecule has 0 aliphatic carbocycles. The van der Waals surface area contributed by atoms with E-state index in [4.69, 9.17) is 21.1 Å². The van der Waals surface area contributed by atoms with E-state index in [0.29, 0.717) is 18.4 Å². The first-order chi connectivity index (χ1) is 10.1. The number of pyridine rings is 1. The van der Waals surface area contributed by atoms with Crippen LogP contribution >= 0.6 is 11.6 Å². The van der Waals surface area contributed by atoms with Crippen LogP contribution in [0.3, 0.4) is 0 Å². The summed E-state index contributed by atoms with van der Waals surface area (Å²) in [4.78, 5) is 2.08. The molecule has 1 aromatic heterocycles. The molecule has 0 saturated heterocycles. The van der Waals surface area contributed by atoms with E-state index < -0.39 is 0 Å². The number of anilines is 1. The molecule has 0 bridgehead atoms. The van der Waals surface area contributed by atoms with Gasteiger partial charge in [0.05, 0.1) is 12.2 Å². The van der Waals surface area contributed by atoms with Gasteiger partial charge in [-0.25, -0.2) is 4.57 Å². The molecule has 110 valence electrons. The van der Waals surface area contributed by atoms with Crippen LogP contribution in [0, 0.1) is 0 Å². The molecule has 2 heterocycles. The summed E-state index contributed by atoms with van der Waals surface area (Å²) in [6, 6.07) is 8.03. The van der Waals surface area contributed by atoms with Gasteiger partial charge in [-0.1, -0.05) is 11.6 Å². The lowest BCUT2D eigenvalue weighted by atomic mass is 10.1. The maximum absolute atomic E-state index is 6.19. The number of rotatable bonds is 3. The van der Waals surface area contributed by atoms with Crippen LogP contribution in [0.15, 0.2) is 36.7 Å². The maximum atomic E-state index is 6.19. The number of ether oxygens (including phenoxy) is 2. The van der Waals surface area contributed by atoms with Crippen molar-refractivity contribution in [3.63, 3.8) is 0 Å². The molecule has 0 unspecified atom stereocenters. The Bertz CT molecular complexity index is 641. The Hall–Kier alpha value is -1.78. The van der Waals surface area contributed by atoms with Crippen LogP contribution in [0.4, 0.5) is 5.69 Å². The van der Waals surface area contributed by atoms with Crippen molar-refractivity contribution in [2.45, 2.75) is 13.2 Å². The van der Waals surface area contributed by atoms with E-state index in [0.717, 1.165) is 23.4 Å². The number of hydrogen-bond donors (Lipinski definition) is 0. The van der Waals surface area contributed by atoms with Crippen molar-refractivity contribution < 1.29 is 14.0 Å². The van der Waals surface area contributed by atoms with Gasteiger partial charge in [-0.2, -0.15) is 0 Å². The number of aromatic nitrogens is 1. The first-order valence-corrected chi connectivity index (χ1v) is 7.19. The molecule has 0 spiro atoms. The standard InChI is InChI=1S/C16H18ClN2O2/c1-18(2)15-3-5-19(6-4-15)9-12-7-14(17)8-13-10-20-11-21-16(12)13/h3-8H,9-11H2,1-2H3/q+1. The smallest absolute Gasteiger partial charge is 0.189 e. The second-order valence-electron chi connectivity index (χ2n) is 5.29. The van der Waals surface area contributed by atoms with Crippen LogP contribution in [-0.4, -0.2) is 20.9 Å². The van der Waals surface area contributed by atoms with Gasteiger partial charge in [0.2, 0.25) is 0 Å². The molecule has 21 heavy (non-hydrogen) atoms. The Morgan fingerprint density at radius 3 is 2.71 bits per heavy atom. The van der Waals surface area contributed by atoms with Crippen molar-refractivity contribution in [1.82, 2.24) is 0 Å². The summed E-state index contributed by atoms with van der Waals surface area (Å²) in [5.74, 6) is 0.898. The lowest BCUT2D eigenvalue weighted by Gasteiger charge is -2.20. The van der Waals surface area contributed by atoms with Crippen molar-refractivity contribution in [2.75, 3.05) is 25.8 Å². The normalized spacial score (nSPS) is 13.5. The lowest BCUT2D eigenvalue weighted by Crippen LogP contribution is -2.34. The molecular formula is C16H18ClN2O2+. The average Bonchev–Trinajstić information content (AvgIpc) is 2.47. The second-order valence-corrected chi connectivity index (χ2v) is 5.72. The molecule has 3 rings (SSSR count). The quantitative estimate of drug-likeness (QED) is 0.815. The zero-order chi connectivity index (χ0) is 14.8. The number of fused-ring (bicyclic) bond motifs is 1. The predicted octanol–water partition coefficient (Wildman–Crippen LogP) is 2.61. The fourth-order valence-corrected chi connectivity index (χ4v) is 2.69. The van der Waals surface area contributed by atoms with E-state index >= 15 is 0 Å². The van der Waals surface area contributed by atoms with Crippen molar-refractivity contribution in [3.8, 4) is 5.75 Å². The van der Waals surface area contributed by atoms with Crippen LogP contribution in [0.2, 0.25) is 5.02 Å². The van der Waals surface area contributed by atoms with Gasteiger partial charge in [0.25, 0.3) is 0 Å². The van der Waals surface area contributed by atoms with E-state index in [1.807, 2.05) is 26.2 Å². The monoisotopic (exact) mass is 305 g/mol. The molecule has 4 nitrogen and oxygen atoms in total. The Kier molecular flexibility index (Phi) is 3.99. The zero-order valence-corrected chi connectivity index (χ0v) is 12.9. The Balaban J connectivity index is 1.89. The van der Waals surface area contributed by atoms with Crippen molar-refractivity contribution in [2.24, 2.45) is 0 Å². The summed E-state index contributed by atoms with van der Waals surface area (Å²) in [5.41, 5.74) is 3.25. The minimum Gasteiger partial charge on any atom is -0.467 e. The lowest BCUT2D eigenvalue weighted by molar-refractivity contribution is -0.688. The van der Waals surface area contributed by atoms with Crippen LogP contribution in [0.25, 0.3) is 0 Å². The average molecular weight is 306 g/mol. The predicted molar refractivity (Wildman–Crippen MR) is 81.8 cm³/mol. The molecule has 1 aliphatic rings. The topological polar surface area (TPSA) is 25.6 Å². The third-order valence-electron chi connectivity index (χ3n) is 3.49. The molecule has 0 N–H and O–H groups in total. The van der Waals surface area contributed by atoms with Crippen LogP contribution in [-0.2, 0) is 17.9 Å². The highest BCUT2D eigenvalue weighted by molar-refractivity contribution is 6.30. The molecule has 0 atom stereocenters. The maximum Gasteiger partial charge on any atom is 0.189 e. The SMILES string of the molecule is CN(C)c1cc[n+](Cc2cc(Cl)cc3c2OCOC3)cc1. The zero-order valence-electron chi connectivity index (χ0n) is 12.2. The summed E-state index contributed by atoms with van der Waals surface area (Å²) < 4.78 is 13.1. The molecule has 0 amide bonds. The fourth-order valence-electron chi connectivity index (χ4n) is 2.42. The van der Waals surface area contributed by atoms with E-state index in [1.165, 1.54) is 5.69 Å². The largest absolute Gasteiger partial charge is 0.467 e. The van der Waals surface area contributed by atoms with Crippen molar-refractivity contribution >= 4 is 17.3 Å². The minimum absolute atomic E-state index is 0.297. The highest BCUT2D eigenvalue weighted by Crippen LogP contribution is 2.31. The van der Waals surface area contributed by atoms with Gasteiger partial charge < -0.3 is 14.4 Å². The number of hydrogen-bond acceptors (Lipinski definition) is 3. The first-order valence-electron chi connectivity index (χ1n) is 6.82. The van der Waals surface area contributed by atoms with Gasteiger partial charge >= 0.3 is 0 Å². The molecule has 0 saturated carbocycles. The molecule has 1 aromatic carbocycles. The van der Waals surface area contributed by atoms with Gasteiger partial charge in [-0.15, -0.1) is 0 Å². The van der Waals surface area contributed by atoms with Gasteiger partial charge in [0.1, 0.15) is 5.75 Å². The van der Waals surface area contributed by atoms with Gasteiger partial charge in [0, 0.05) is 42.5 Å². The number of halogens is 1. The summed E-state index contributed by atoms with van der Waals surface area (Å²) >= 11 is 6.19. The van der Waals surface area contributed by atoms with Gasteiger partial charge in [-0.3, -0.25) is 0 Å². The van der Waals surface area contributed by atoms with E-state index in [9.17, 15) is 0 Å². The van der Waals surface area contributed by atoms with Gasteiger partial charge in [0.15, 0.2) is 25.7 Å².